The van der Waals surface area contributed by atoms with Crippen molar-refractivity contribution in [3.63, 3.8) is 0 Å². The van der Waals surface area contributed by atoms with Crippen molar-refractivity contribution in [1.82, 2.24) is 4.90 Å². The van der Waals surface area contributed by atoms with E-state index in [1.54, 1.807) is 0 Å². The van der Waals surface area contributed by atoms with E-state index >= 15 is 0 Å². The zero-order valence-corrected chi connectivity index (χ0v) is 11.4. The Morgan fingerprint density at radius 3 is 2.53 bits per heavy atom. The number of carbonyl (C=O) groups excluding carboxylic acids is 1. The molecule has 6 heteroatoms. The zero-order chi connectivity index (χ0) is 14.6. The quantitative estimate of drug-likeness (QED) is 0.906. The van der Waals surface area contributed by atoms with Crippen LogP contribution >= 0.6 is 11.6 Å². The first-order valence-corrected chi connectivity index (χ1v) is 6.15. The van der Waals surface area contributed by atoms with E-state index in [1.807, 2.05) is 13.8 Å². The fraction of sp³-hybridized carbons (Fsp3) is 0.385. The van der Waals surface area contributed by atoms with Crippen LogP contribution in [-0.2, 0) is 4.79 Å². The monoisotopic (exact) mass is 287 g/mol. The fourth-order valence-corrected chi connectivity index (χ4v) is 1.82. The molecule has 1 aromatic rings. The molecule has 0 aliphatic rings. The lowest BCUT2D eigenvalue weighted by atomic mass is 10.1. The van der Waals surface area contributed by atoms with Crippen LogP contribution < -0.4 is 0 Å². The Labute approximate surface area is 115 Å². The van der Waals surface area contributed by atoms with Crippen LogP contribution in [0.1, 0.15) is 24.2 Å². The molecular formula is C13H15ClFNO3. The number of benzene rings is 1. The first-order chi connectivity index (χ1) is 8.81. The zero-order valence-electron chi connectivity index (χ0n) is 10.7. The van der Waals surface area contributed by atoms with Crippen molar-refractivity contribution in [1.29, 1.82) is 0 Å². The third-order valence-corrected chi connectivity index (χ3v) is 2.60. The second-order valence-corrected chi connectivity index (χ2v) is 5.03. The summed E-state index contributed by atoms with van der Waals surface area (Å²) in [5.74, 6) is -2.45. The van der Waals surface area contributed by atoms with Crippen molar-refractivity contribution in [2.45, 2.75) is 13.8 Å². The predicted molar refractivity (Wildman–Crippen MR) is 69.8 cm³/mol. The van der Waals surface area contributed by atoms with Gasteiger partial charge in [-0.25, -0.2) is 4.39 Å². The summed E-state index contributed by atoms with van der Waals surface area (Å²) < 4.78 is 13.7. The number of carboxylic acid groups (broad SMARTS) is 1. The third-order valence-electron chi connectivity index (χ3n) is 2.36. The molecular weight excluding hydrogens is 273 g/mol. The van der Waals surface area contributed by atoms with Gasteiger partial charge in [0.1, 0.15) is 12.4 Å². The number of rotatable bonds is 5. The van der Waals surface area contributed by atoms with E-state index in [0.717, 1.165) is 11.0 Å². The average molecular weight is 288 g/mol. The van der Waals surface area contributed by atoms with Crippen LogP contribution in [0.25, 0.3) is 0 Å². The molecule has 0 saturated heterocycles. The maximum atomic E-state index is 13.7. The molecule has 0 atom stereocenters. The number of hydrogen-bond donors (Lipinski definition) is 1. The van der Waals surface area contributed by atoms with Gasteiger partial charge in [0.25, 0.3) is 5.91 Å². The highest BCUT2D eigenvalue weighted by Crippen LogP contribution is 2.17. The Morgan fingerprint density at radius 1 is 1.42 bits per heavy atom. The lowest BCUT2D eigenvalue weighted by Gasteiger charge is -2.23. The average Bonchev–Trinajstić information content (AvgIpc) is 2.26. The van der Waals surface area contributed by atoms with E-state index in [2.05, 4.69) is 0 Å². The minimum Gasteiger partial charge on any atom is -0.480 e. The molecule has 0 radical (unpaired) electrons. The van der Waals surface area contributed by atoms with E-state index in [4.69, 9.17) is 16.7 Å². The lowest BCUT2D eigenvalue weighted by Crippen LogP contribution is -2.38. The molecule has 19 heavy (non-hydrogen) atoms. The lowest BCUT2D eigenvalue weighted by molar-refractivity contribution is -0.137. The Bertz CT molecular complexity index is 491. The van der Waals surface area contributed by atoms with Crippen LogP contribution in [0.2, 0.25) is 5.02 Å². The van der Waals surface area contributed by atoms with Gasteiger partial charge in [0.05, 0.1) is 5.56 Å². The van der Waals surface area contributed by atoms with Crippen molar-refractivity contribution in [2.24, 2.45) is 5.92 Å². The Balaban J connectivity index is 3.00. The van der Waals surface area contributed by atoms with Crippen LogP contribution in [-0.4, -0.2) is 35.0 Å². The SMILES string of the molecule is CC(C)CN(CC(=O)O)C(=O)c1ccc(Cl)cc1F. The summed E-state index contributed by atoms with van der Waals surface area (Å²) in [6.45, 7) is 3.48. The summed E-state index contributed by atoms with van der Waals surface area (Å²) in [5.41, 5.74) is -0.175. The molecule has 0 bridgehead atoms. The van der Waals surface area contributed by atoms with Gasteiger partial charge in [-0.2, -0.15) is 0 Å². The minimum absolute atomic E-state index is 0.0821. The topological polar surface area (TPSA) is 57.6 Å². The highest BCUT2D eigenvalue weighted by atomic mass is 35.5. The molecule has 1 N–H and O–H groups in total. The Hall–Kier alpha value is -1.62. The first kappa shape index (κ1) is 15.4. The van der Waals surface area contributed by atoms with Gasteiger partial charge in [-0.15, -0.1) is 0 Å². The van der Waals surface area contributed by atoms with Crippen LogP contribution in [0.4, 0.5) is 4.39 Å². The van der Waals surface area contributed by atoms with Crippen LogP contribution in [0, 0.1) is 11.7 Å². The summed E-state index contributed by atoms with van der Waals surface area (Å²) in [4.78, 5) is 24.0. The van der Waals surface area contributed by atoms with Crippen molar-refractivity contribution in [3.8, 4) is 0 Å². The molecule has 0 spiro atoms. The molecule has 1 rings (SSSR count). The summed E-state index contributed by atoms with van der Waals surface area (Å²) in [5, 5.41) is 8.98. The summed E-state index contributed by atoms with van der Waals surface area (Å²) in [6.07, 6.45) is 0. The summed E-state index contributed by atoms with van der Waals surface area (Å²) >= 11 is 5.61. The molecule has 1 aromatic carbocycles. The molecule has 0 fully saturated rings. The molecule has 0 heterocycles. The fourth-order valence-electron chi connectivity index (χ4n) is 1.66. The van der Waals surface area contributed by atoms with Crippen molar-refractivity contribution >= 4 is 23.5 Å². The first-order valence-electron chi connectivity index (χ1n) is 5.77. The van der Waals surface area contributed by atoms with Gasteiger partial charge in [-0.3, -0.25) is 9.59 Å². The van der Waals surface area contributed by atoms with E-state index in [-0.39, 0.29) is 23.0 Å². The number of nitrogens with zero attached hydrogens (tertiary/aromatic N) is 1. The number of hydrogen-bond acceptors (Lipinski definition) is 2. The number of carbonyl (C=O) groups is 2. The van der Waals surface area contributed by atoms with E-state index in [1.165, 1.54) is 12.1 Å². The second kappa shape index (κ2) is 6.52. The molecule has 104 valence electrons. The Kier molecular flexibility index (Phi) is 5.30. The normalized spacial score (nSPS) is 10.6. The maximum absolute atomic E-state index is 13.7. The molecule has 0 saturated carbocycles. The van der Waals surface area contributed by atoms with Gasteiger partial charge >= 0.3 is 5.97 Å². The largest absolute Gasteiger partial charge is 0.480 e. The summed E-state index contributed by atoms with van der Waals surface area (Å²) in [7, 11) is 0. The molecule has 0 aromatic heterocycles. The number of amides is 1. The van der Waals surface area contributed by atoms with Gasteiger partial charge in [0.15, 0.2) is 0 Å². The van der Waals surface area contributed by atoms with Gasteiger partial charge in [0.2, 0.25) is 0 Å². The van der Waals surface area contributed by atoms with Gasteiger partial charge in [-0.1, -0.05) is 25.4 Å². The minimum atomic E-state index is -1.14. The summed E-state index contributed by atoms with van der Waals surface area (Å²) in [6, 6.07) is 3.68. The van der Waals surface area contributed by atoms with E-state index in [0.29, 0.717) is 0 Å². The molecule has 4 nitrogen and oxygen atoms in total. The highest BCUT2D eigenvalue weighted by molar-refractivity contribution is 6.30. The van der Waals surface area contributed by atoms with Gasteiger partial charge in [-0.05, 0) is 24.1 Å². The maximum Gasteiger partial charge on any atom is 0.323 e. The van der Waals surface area contributed by atoms with E-state index in [9.17, 15) is 14.0 Å². The smallest absolute Gasteiger partial charge is 0.323 e. The molecule has 0 unspecified atom stereocenters. The van der Waals surface area contributed by atoms with Gasteiger partial charge in [0, 0.05) is 11.6 Å². The number of aliphatic carboxylic acids is 1. The van der Waals surface area contributed by atoms with Gasteiger partial charge < -0.3 is 10.0 Å². The van der Waals surface area contributed by atoms with Crippen molar-refractivity contribution < 1.29 is 19.1 Å². The Morgan fingerprint density at radius 2 is 2.05 bits per heavy atom. The van der Waals surface area contributed by atoms with Crippen molar-refractivity contribution in [2.75, 3.05) is 13.1 Å². The third kappa shape index (κ3) is 4.52. The predicted octanol–water partition coefficient (Wildman–Crippen LogP) is 2.66. The second-order valence-electron chi connectivity index (χ2n) is 4.60. The number of carboxylic acids is 1. The molecule has 1 amide bonds. The number of halogens is 2. The van der Waals surface area contributed by atoms with Crippen molar-refractivity contribution in [3.05, 3.63) is 34.6 Å². The van der Waals surface area contributed by atoms with Crippen LogP contribution in [0.15, 0.2) is 18.2 Å². The molecule has 0 aliphatic heterocycles. The van der Waals surface area contributed by atoms with Crippen LogP contribution in [0.5, 0.6) is 0 Å². The highest BCUT2D eigenvalue weighted by Gasteiger charge is 2.22. The van der Waals surface area contributed by atoms with E-state index < -0.39 is 24.2 Å². The molecule has 0 aliphatic carbocycles. The van der Waals surface area contributed by atoms with Crippen LogP contribution in [0.3, 0.4) is 0 Å². The standard InChI is InChI=1S/C13H15ClFNO3/c1-8(2)6-16(7-12(17)18)13(19)10-4-3-9(14)5-11(10)15/h3-5,8H,6-7H2,1-2H3,(H,17,18).